The minimum atomic E-state index is -5.92. The van der Waals surface area contributed by atoms with Crippen molar-refractivity contribution in [2.75, 3.05) is 0 Å². The molecule has 0 spiro atoms. The topological polar surface area (TPSA) is 283 Å². The SMILES string of the molecule is CC(=O)N[C@@H](CCC(=O)O)C(=O)N[C@@H](Cc1ccc(C(F)(F)P(=O)(O)O)cc1)C(=O)N[C@@H](Cc1ccc(C(F)(F)P(=O)(O)O)cc1)C(N)=O. The van der Waals surface area contributed by atoms with Crippen LogP contribution < -0.4 is 21.7 Å². The summed E-state index contributed by atoms with van der Waals surface area (Å²) in [5.74, 6) is -5.44. The second-order valence-electron chi connectivity index (χ2n) is 10.7. The van der Waals surface area contributed by atoms with E-state index < -0.39 is 111 Å². The van der Waals surface area contributed by atoms with Crippen molar-refractivity contribution >= 4 is 44.8 Å². The fraction of sp³-hybridized carbons (Fsp3) is 0.370. The Morgan fingerprint density at radius 2 is 1.06 bits per heavy atom. The van der Waals surface area contributed by atoms with E-state index in [9.17, 15) is 50.7 Å². The minimum Gasteiger partial charge on any atom is -0.481 e. The van der Waals surface area contributed by atoms with E-state index in [4.69, 9.17) is 30.4 Å². The predicted octanol–water partition coefficient (Wildman–Crippen LogP) is 0.750. The Bertz CT molecular complexity index is 1650. The van der Waals surface area contributed by atoms with Crippen LogP contribution in [0.3, 0.4) is 0 Å². The first kappa shape index (κ1) is 41.0. The van der Waals surface area contributed by atoms with E-state index in [1.54, 1.807) is 0 Å². The number of primary amides is 1. The van der Waals surface area contributed by atoms with Crippen molar-refractivity contribution in [2.24, 2.45) is 5.73 Å². The van der Waals surface area contributed by atoms with Gasteiger partial charge in [-0.1, -0.05) is 48.5 Å². The molecule has 0 fully saturated rings. The smallest absolute Gasteiger partial charge is 0.399 e. The number of hydrogen-bond donors (Lipinski definition) is 9. The lowest BCUT2D eigenvalue weighted by Crippen LogP contribution is -2.57. The zero-order chi connectivity index (χ0) is 37.5. The molecule has 3 atom stereocenters. The van der Waals surface area contributed by atoms with Gasteiger partial charge in [0.25, 0.3) is 0 Å². The summed E-state index contributed by atoms with van der Waals surface area (Å²) in [5, 5.41) is 15.7. The molecular formula is C27H32F4N4O12P2. The summed E-state index contributed by atoms with van der Waals surface area (Å²) in [5.41, 5.74) is -5.70. The third kappa shape index (κ3) is 11.2. The minimum absolute atomic E-state index is 0.0320. The normalized spacial score (nSPS) is 14.2. The van der Waals surface area contributed by atoms with Crippen LogP contribution in [0.5, 0.6) is 0 Å². The van der Waals surface area contributed by atoms with E-state index in [-0.39, 0.29) is 11.1 Å². The van der Waals surface area contributed by atoms with E-state index in [0.29, 0.717) is 24.3 Å². The lowest BCUT2D eigenvalue weighted by atomic mass is 10.0. The molecule has 0 aliphatic rings. The van der Waals surface area contributed by atoms with E-state index >= 15 is 0 Å². The average molecular weight is 743 g/mol. The molecule has 0 unspecified atom stereocenters. The van der Waals surface area contributed by atoms with E-state index in [1.165, 1.54) is 0 Å². The Morgan fingerprint density at radius 1 is 0.694 bits per heavy atom. The number of carboxylic acids is 1. The van der Waals surface area contributed by atoms with Crippen LogP contribution in [0, 0.1) is 0 Å². The van der Waals surface area contributed by atoms with E-state index in [0.717, 1.165) is 31.2 Å². The van der Waals surface area contributed by atoms with E-state index in [1.807, 2.05) is 0 Å². The molecule has 0 aliphatic heterocycles. The summed E-state index contributed by atoms with van der Waals surface area (Å²) in [6.07, 6.45) is -2.00. The third-order valence-corrected chi connectivity index (χ3v) is 8.83. The molecule has 0 radical (unpaired) electrons. The lowest BCUT2D eigenvalue weighted by molar-refractivity contribution is -0.138. The molecule has 22 heteroatoms. The molecule has 0 bridgehead atoms. The Kier molecular flexibility index (Phi) is 13.4. The molecule has 0 aromatic heterocycles. The largest absolute Gasteiger partial charge is 0.481 e. The monoisotopic (exact) mass is 742 g/mol. The number of rotatable bonds is 17. The maximum atomic E-state index is 14.1. The lowest BCUT2D eigenvalue weighted by Gasteiger charge is -2.25. The quantitative estimate of drug-likeness (QED) is 0.0802. The third-order valence-electron chi connectivity index (χ3n) is 6.85. The molecule has 49 heavy (non-hydrogen) atoms. The molecule has 10 N–H and O–H groups in total. The van der Waals surface area contributed by atoms with Crippen LogP contribution in [0.4, 0.5) is 17.6 Å². The molecule has 2 aromatic rings. The van der Waals surface area contributed by atoms with Crippen molar-refractivity contribution in [3.8, 4) is 0 Å². The standard InChI is InChI=1S/C27H32F4N4O12P2/c1-14(36)33-19(10-11-22(37)38)24(40)35-21(13-16-4-8-18(9-5-16)27(30,31)49(45,46)47)25(41)34-20(23(32)39)12-15-2-6-17(7-3-15)26(28,29)48(42,43)44/h2-9,19-21H,10-13H2,1H3,(H2,32,39)(H,33,36)(H,34,41)(H,35,40)(H,37,38)(H2,42,43,44)(H2,45,46,47)/t19-,20-,21-/m0/s1. The van der Waals surface area contributed by atoms with Gasteiger partial charge < -0.3 is 46.4 Å². The number of alkyl halides is 4. The summed E-state index contributed by atoms with van der Waals surface area (Å²) in [7, 11) is -11.8. The summed E-state index contributed by atoms with van der Waals surface area (Å²) in [6, 6.07) is 1.79. The average Bonchev–Trinajstić information content (AvgIpc) is 2.97. The predicted molar refractivity (Wildman–Crippen MR) is 160 cm³/mol. The van der Waals surface area contributed by atoms with Crippen LogP contribution >= 0.6 is 15.2 Å². The number of nitrogens with one attached hydrogen (secondary N) is 3. The van der Waals surface area contributed by atoms with Gasteiger partial charge in [-0.25, -0.2) is 0 Å². The number of carboxylic acid groups (broad SMARTS) is 1. The summed E-state index contributed by atoms with van der Waals surface area (Å²) >= 11 is 0. The summed E-state index contributed by atoms with van der Waals surface area (Å²) in [6.45, 7) is 1.03. The molecule has 16 nitrogen and oxygen atoms in total. The van der Waals surface area contributed by atoms with Crippen molar-refractivity contribution in [3.63, 3.8) is 0 Å². The second-order valence-corrected chi connectivity index (χ2v) is 14.0. The number of benzene rings is 2. The van der Waals surface area contributed by atoms with Gasteiger partial charge in [0.2, 0.25) is 23.6 Å². The number of carbonyl (C=O) groups excluding carboxylic acids is 4. The van der Waals surface area contributed by atoms with Crippen LogP contribution in [-0.2, 0) is 57.3 Å². The number of aliphatic carboxylic acids is 1. The molecular weight excluding hydrogens is 710 g/mol. The van der Waals surface area contributed by atoms with Crippen LogP contribution in [0.1, 0.15) is 42.0 Å². The van der Waals surface area contributed by atoms with Gasteiger partial charge in [-0.2, -0.15) is 17.6 Å². The molecule has 2 rings (SSSR count). The fourth-order valence-corrected chi connectivity index (χ4v) is 5.22. The number of hydrogen-bond acceptors (Lipinski definition) is 7. The first-order chi connectivity index (χ1) is 22.4. The van der Waals surface area contributed by atoms with Gasteiger partial charge in [0.1, 0.15) is 18.1 Å². The van der Waals surface area contributed by atoms with Crippen LogP contribution in [0.2, 0.25) is 0 Å². The Morgan fingerprint density at radius 3 is 1.41 bits per heavy atom. The molecule has 0 saturated heterocycles. The zero-order valence-electron chi connectivity index (χ0n) is 25.3. The molecule has 270 valence electrons. The number of carbonyl (C=O) groups is 5. The number of amides is 4. The highest BCUT2D eigenvalue weighted by Gasteiger charge is 2.51. The van der Waals surface area contributed by atoms with Crippen LogP contribution in [-0.4, -0.2) is 72.4 Å². The first-order valence-corrected chi connectivity index (χ1v) is 17.0. The van der Waals surface area contributed by atoms with Crippen LogP contribution in [0.15, 0.2) is 48.5 Å². The molecule has 0 heterocycles. The summed E-state index contributed by atoms with van der Waals surface area (Å²) in [4.78, 5) is 97.3. The van der Waals surface area contributed by atoms with Gasteiger partial charge in [0, 0.05) is 37.3 Å². The van der Waals surface area contributed by atoms with Crippen molar-refractivity contribution in [3.05, 3.63) is 70.8 Å². The van der Waals surface area contributed by atoms with E-state index in [2.05, 4.69) is 16.0 Å². The molecule has 0 aliphatic carbocycles. The highest BCUT2D eigenvalue weighted by atomic mass is 31.2. The molecule has 0 saturated carbocycles. The summed E-state index contributed by atoms with van der Waals surface area (Å²) < 4.78 is 78.7. The van der Waals surface area contributed by atoms with Gasteiger partial charge >= 0.3 is 32.5 Å². The number of nitrogens with two attached hydrogens (primary N) is 1. The molecule has 4 amide bonds. The number of halogens is 4. The van der Waals surface area contributed by atoms with Crippen molar-refractivity contribution in [1.29, 1.82) is 0 Å². The zero-order valence-corrected chi connectivity index (χ0v) is 27.0. The van der Waals surface area contributed by atoms with Gasteiger partial charge in [0.05, 0.1) is 0 Å². The van der Waals surface area contributed by atoms with Gasteiger partial charge in [-0.05, 0) is 17.5 Å². The maximum Gasteiger partial charge on any atom is 0.399 e. The maximum absolute atomic E-state index is 14.1. The highest BCUT2D eigenvalue weighted by molar-refractivity contribution is 7.52. The van der Waals surface area contributed by atoms with Crippen molar-refractivity contribution in [2.45, 2.75) is 62.1 Å². The van der Waals surface area contributed by atoms with Crippen molar-refractivity contribution < 1.29 is 75.3 Å². The molecule has 2 aromatic carbocycles. The van der Waals surface area contributed by atoms with Crippen LogP contribution in [0.25, 0.3) is 0 Å². The Balaban J connectivity index is 2.40. The van der Waals surface area contributed by atoms with Gasteiger partial charge in [-0.15, -0.1) is 0 Å². The van der Waals surface area contributed by atoms with Gasteiger partial charge in [-0.3, -0.25) is 33.1 Å². The second kappa shape index (κ2) is 16.0. The fourth-order valence-electron chi connectivity index (χ4n) is 4.25. The van der Waals surface area contributed by atoms with Gasteiger partial charge in [0.15, 0.2) is 0 Å². The highest BCUT2D eigenvalue weighted by Crippen LogP contribution is 2.60. The Hall–Kier alpha value is -4.19. The van der Waals surface area contributed by atoms with Crippen molar-refractivity contribution in [1.82, 2.24) is 16.0 Å². The first-order valence-electron chi connectivity index (χ1n) is 13.8. The Labute approximate surface area is 274 Å².